The molecule has 3 fully saturated rings. The highest BCUT2D eigenvalue weighted by atomic mass is 16.6. The molecule has 0 heterocycles. The van der Waals surface area contributed by atoms with Gasteiger partial charge in [0.05, 0.1) is 7.11 Å². The molecule has 0 aromatic heterocycles. The highest BCUT2D eigenvalue weighted by Gasteiger charge is 2.60. The van der Waals surface area contributed by atoms with Gasteiger partial charge in [-0.05, 0) is 73.5 Å². The zero-order valence-electron chi connectivity index (χ0n) is 20.9. The van der Waals surface area contributed by atoms with Crippen molar-refractivity contribution in [3.8, 4) is 0 Å². The fourth-order valence-electron chi connectivity index (χ4n) is 8.21. The van der Waals surface area contributed by atoms with Crippen LogP contribution in [0.3, 0.4) is 0 Å². The highest BCUT2D eigenvalue weighted by Crippen LogP contribution is 2.66. The average Bonchev–Trinajstić information content (AvgIpc) is 3.14. The van der Waals surface area contributed by atoms with E-state index < -0.39 is 12.1 Å². The molecular formula is C27H40O6. The summed E-state index contributed by atoms with van der Waals surface area (Å²) in [5.74, 6) is 1.24. The summed E-state index contributed by atoms with van der Waals surface area (Å²) < 4.78 is 15.6. The molecular weight excluding hydrogens is 420 g/mol. The zero-order valence-corrected chi connectivity index (χ0v) is 20.9. The third kappa shape index (κ3) is 4.17. The van der Waals surface area contributed by atoms with Gasteiger partial charge < -0.3 is 14.2 Å². The molecule has 184 valence electrons. The van der Waals surface area contributed by atoms with Gasteiger partial charge in [0.2, 0.25) is 0 Å². The Balaban J connectivity index is 1.50. The molecule has 33 heavy (non-hydrogen) atoms. The van der Waals surface area contributed by atoms with Crippen molar-refractivity contribution in [2.75, 3.05) is 14.2 Å². The molecule has 0 spiro atoms. The lowest BCUT2D eigenvalue weighted by Crippen LogP contribution is -2.51. The summed E-state index contributed by atoms with van der Waals surface area (Å²) in [7, 11) is 2.79. The van der Waals surface area contributed by atoms with Gasteiger partial charge in [-0.25, -0.2) is 4.79 Å². The number of ether oxygens (including phenoxy) is 3. The summed E-state index contributed by atoms with van der Waals surface area (Å²) in [4.78, 5) is 36.8. The molecule has 0 N–H and O–H groups in total. The predicted octanol–water partition coefficient (Wildman–Crippen LogP) is 4.64. The van der Waals surface area contributed by atoms with E-state index >= 15 is 0 Å². The quantitative estimate of drug-likeness (QED) is 0.424. The average molecular weight is 461 g/mol. The van der Waals surface area contributed by atoms with Crippen LogP contribution < -0.4 is 0 Å². The number of carbonyl (C=O) groups excluding carboxylic acids is 3. The van der Waals surface area contributed by atoms with Gasteiger partial charge in [0.15, 0.2) is 6.10 Å². The van der Waals surface area contributed by atoms with E-state index in [4.69, 9.17) is 14.2 Å². The van der Waals surface area contributed by atoms with E-state index in [1.54, 1.807) is 0 Å². The van der Waals surface area contributed by atoms with Gasteiger partial charge in [-0.3, -0.25) is 9.59 Å². The number of methoxy groups -OCH3 is 2. The monoisotopic (exact) mass is 460 g/mol. The maximum Gasteiger partial charge on any atom is 0.335 e. The van der Waals surface area contributed by atoms with Gasteiger partial charge in [0, 0.05) is 32.8 Å². The SMILES string of the molecule is COC(=O)[C@@H](CC(=O)[C@H]1CC[C@H]2[C@@H]3CC=C4C[C@@H](OC(C)=O)CC[C@]4(C)[C@H]3CC[C@]12C)OC. The van der Waals surface area contributed by atoms with Crippen LogP contribution in [0.25, 0.3) is 0 Å². The summed E-state index contributed by atoms with van der Waals surface area (Å²) in [6.07, 6.45) is 9.86. The van der Waals surface area contributed by atoms with E-state index in [0.717, 1.165) is 51.4 Å². The molecule has 8 atom stereocenters. The Morgan fingerprint density at radius 2 is 1.82 bits per heavy atom. The van der Waals surface area contributed by atoms with Crippen LogP contribution in [-0.2, 0) is 28.6 Å². The third-order valence-corrected chi connectivity index (χ3v) is 9.92. The topological polar surface area (TPSA) is 78.9 Å². The minimum absolute atomic E-state index is 0.0105. The van der Waals surface area contributed by atoms with Crippen molar-refractivity contribution in [2.24, 2.45) is 34.5 Å². The van der Waals surface area contributed by atoms with E-state index in [1.165, 1.54) is 26.7 Å². The van der Waals surface area contributed by atoms with Crippen molar-refractivity contribution in [3.63, 3.8) is 0 Å². The lowest BCUT2D eigenvalue weighted by molar-refractivity contribution is -0.155. The molecule has 0 aliphatic heterocycles. The minimum atomic E-state index is -0.812. The first-order valence-electron chi connectivity index (χ1n) is 12.6. The van der Waals surface area contributed by atoms with E-state index in [9.17, 15) is 14.4 Å². The third-order valence-electron chi connectivity index (χ3n) is 9.92. The molecule has 3 saturated carbocycles. The largest absolute Gasteiger partial charge is 0.467 e. The Morgan fingerprint density at radius 3 is 2.48 bits per heavy atom. The number of rotatable bonds is 6. The Morgan fingerprint density at radius 1 is 1.06 bits per heavy atom. The van der Waals surface area contributed by atoms with Crippen LogP contribution in [0.15, 0.2) is 11.6 Å². The summed E-state index contributed by atoms with van der Waals surface area (Å²) in [6.45, 7) is 6.25. The van der Waals surface area contributed by atoms with Crippen LogP contribution in [0.1, 0.15) is 78.6 Å². The Labute approximate surface area is 197 Å². The van der Waals surface area contributed by atoms with Gasteiger partial charge in [-0.1, -0.05) is 25.5 Å². The molecule has 0 aromatic rings. The number of carbonyl (C=O) groups is 3. The molecule has 4 rings (SSSR count). The van der Waals surface area contributed by atoms with Crippen LogP contribution in [0, 0.1) is 34.5 Å². The van der Waals surface area contributed by atoms with Crippen molar-refractivity contribution < 1.29 is 28.6 Å². The molecule has 4 aliphatic carbocycles. The molecule has 6 heteroatoms. The molecule has 0 radical (unpaired) electrons. The second-order valence-corrected chi connectivity index (χ2v) is 11.3. The lowest BCUT2D eigenvalue weighted by atomic mass is 9.47. The van der Waals surface area contributed by atoms with Gasteiger partial charge in [-0.2, -0.15) is 0 Å². The van der Waals surface area contributed by atoms with Gasteiger partial charge in [-0.15, -0.1) is 0 Å². The molecule has 4 aliphatic rings. The van der Waals surface area contributed by atoms with E-state index in [0.29, 0.717) is 17.8 Å². The molecule has 0 bridgehead atoms. The number of hydrogen-bond donors (Lipinski definition) is 0. The van der Waals surface area contributed by atoms with E-state index in [2.05, 4.69) is 19.9 Å². The van der Waals surface area contributed by atoms with Gasteiger partial charge >= 0.3 is 11.9 Å². The summed E-state index contributed by atoms with van der Waals surface area (Å²) in [5, 5.41) is 0. The van der Waals surface area contributed by atoms with Crippen LogP contribution in [-0.4, -0.2) is 44.1 Å². The number of esters is 2. The van der Waals surface area contributed by atoms with Crippen LogP contribution in [0.2, 0.25) is 0 Å². The fraction of sp³-hybridized carbons (Fsp3) is 0.815. The minimum Gasteiger partial charge on any atom is -0.467 e. The summed E-state index contributed by atoms with van der Waals surface area (Å²) in [6, 6.07) is 0. The first-order valence-corrected chi connectivity index (χ1v) is 12.6. The Kier molecular flexibility index (Phi) is 6.78. The van der Waals surface area contributed by atoms with E-state index in [-0.39, 0.29) is 41.0 Å². The molecule has 6 nitrogen and oxygen atoms in total. The van der Waals surface area contributed by atoms with Crippen LogP contribution in [0.5, 0.6) is 0 Å². The van der Waals surface area contributed by atoms with Crippen LogP contribution >= 0.6 is 0 Å². The Hall–Kier alpha value is -1.69. The zero-order chi connectivity index (χ0) is 24.0. The van der Waals surface area contributed by atoms with Crippen molar-refractivity contribution in [3.05, 3.63) is 11.6 Å². The first-order chi connectivity index (χ1) is 15.6. The maximum absolute atomic E-state index is 13.3. The van der Waals surface area contributed by atoms with Gasteiger partial charge in [0.25, 0.3) is 0 Å². The molecule has 0 amide bonds. The summed E-state index contributed by atoms with van der Waals surface area (Å²) >= 11 is 0. The first kappa shape index (κ1) is 24.4. The smallest absolute Gasteiger partial charge is 0.335 e. The number of fused-ring (bicyclic) bond motifs is 5. The van der Waals surface area contributed by atoms with E-state index in [1.807, 2.05) is 0 Å². The Bertz CT molecular complexity index is 832. The van der Waals surface area contributed by atoms with Crippen molar-refractivity contribution in [1.82, 2.24) is 0 Å². The molecule has 0 saturated heterocycles. The van der Waals surface area contributed by atoms with Crippen molar-refractivity contribution >= 4 is 17.7 Å². The van der Waals surface area contributed by atoms with Gasteiger partial charge in [0.1, 0.15) is 11.9 Å². The second kappa shape index (κ2) is 9.16. The van der Waals surface area contributed by atoms with Crippen molar-refractivity contribution in [1.29, 1.82) is 0 Å². The van der Waals surface area contributed by atoms with Crippen molar-refractivity contribution in [2.45, 2.75) is 90.8 Å². The van der Waals surface area contributed by atoms with Crippen LogP contribution in [0.4, 0.5) is 0 Å². The standard InChI is InChI=1S/C27H40O6/c1-16(28)33-18-10-12-26(2)17(14-18)6-7-19-20-8-9-22(27(20,3)13-11-21(19)26)23(29)15-24(31-4)25(30)32-5/h6,18-22,24H,7-15H2,1-5H3/t18-,19-,20-,21-,22+,24+,26-,27-/m0/s1. The fourth-order valence-corrected chi connectivity index (χ4v) is 8.21. The normalized spacial score (nSPS) is 40.5. The molecule has 0 aromatic carbocycles. The highest BCUT2D eigenvalue weighted by molar-refractivity contribution is 5.88. The maximum atomic E-state index is 13.3. The number of Topliss-reactive ketones (excluding diaryl/α,β-unsaturated/α-hetero) is 1. The number of ketones is 1. The predicted molar refractivity (Wildman–Crippen MR) is 123 cm³/mol. The lowest BCUT2D eigenvalue weighted by Gasteiger charge is -2.58. The number of allylic oxidation sites excluding steroid dienone is 1. The number of hydrogen-bond acceptors (Lipinski definition) is 6. The molecule has 0 unspecified atom stereocenters. The second-order valence-electron chi connectivity index (χ2n) is 11.3. The summed E-state index contributed by atoms with van der Waals surface area (Å²) in [5.41, 5.74) is 1.65.